The zero-order chi connectivity index (χ0) is 14.0. The van der Waals surface area contributed by atoms with Gasteiger partial charge in [-0.25, -0.2) is 4.79 Å². The molecule has 0 spiro atoms. The molecule has 0 saturated carbocycles. The second kappa shape index (κ2) is 5.53. The standard InChI is InChI=1S/C14H15ClO4/c1-4-9-6-8-7-10(15)13(18-5-2)11(12(8)19-9)14(16)17-3/h6-7H,4-5H2,1-3H3. The molecule has 19 heavy (non-hydrogen) atoms. The van der Waals surface area contributed by atoms with Gasteiger partial charge < -0.3 is 13.9 Å². The van der Waals surface area contributed by atoms with Gasteiger partial charge in [0.1, 0.15) is 11.3 Å². The second-order valence-corrected chi connectivity index (χ2v) is 4.38. The van der Waals surface area contributed by atoms with Crippen molar-refractivity contribution in [3.63, 3.8) is 0 Å². The Labute approximate surface area is 116 Å². The van der Waals surface area contributed by atoms with Gasteiger partial charge in [0.2, 0.25) is 0 Å². The van der Waals surface area contributed by atoms with E-state index in [-0.39, 0.29) is 5.56 Å². The smallest absolute Gasteiger partial charge is 0.345 e. The minimum Gasteiger partial charge on any atom is -0.491 e. The third kappa shape index (κ3) is 2.40. The van der Waals surface area contributed by atoms with Gasteiger partial charge in [-0.2, -0.15) is 0 Å². The SMILES string of the molecule is CCOc1c(Cl)cc2cc(CC)oc2c1C(=O)OC. The summed E-state index contributed by atoms with van der Waals surface area (Å²) in [6.45, 7) is 4.19. The van der Waals surface area contributed by atoms with E-state index in [1.807, 2.05) is 19.9 Å². The lowest BCUT2D eigenvalue weighted by atomic mass is 10.1. The molecule has 0 atom stereocenters. The van der Waals surface area contributed by atoms with E-state index in [4.69, 9.17) is 25.5 Å². The zero-order valence-corrected chi connectivity index (χ0v) is 11.8. The lowest BCUT2D eigenvalue weighted by molar-refractivity contribution is 0.0597. The van der Waals surface area contributed by atoms with Crippen LogP contribution in [0.4, 0.5) is 0 Å². The van der Waals surface area contributed by atoms with Crippen LogP contribution in [-0.4, -0.2) is 19.7 Å². The first-order valence-corrected chi connectivity index (χ1v) is 6.46. The Morgan fingerprint density at radius 2 is 2.11 bits per heavy atom. The van der Waals surface area contributed by atoms with Crippen molar-refractivity contribution in [2.45, 2.75) is 20.3 Å². The van der Waals surface area contributed by atoms with Crippen molar-refractivity contribution in [2.24, 2.45) is 0 Å². The first kappa shape index (κ1) is 13.7. The molecule has 0 N–H and O–H groups in total. The molecule has 0 aliphatic heterocycles. The summed E-state index contributed by atoms with van der Waals surface area (Å²) in [5.41, 5.74) is 0.697. The van der Waals surface area contributed by atoms with E-state index in [0.29, 0.717) is 23.0 Å². The van der Waals surface area contributed by atoms with Crippen molar-refractivity contribution in [3.8, 4) is 5.75 Å². The average molecular weight is 283 g/mol. The zero-order valence-electron chi connectivity index (χ0n) is 11.1. The van der Waals surface area contributed by atoms with E-state index in [2.05, 4.69) is 0 Å². The minimum atomic E-state index is -0.520. The highest BCUT2D eigenvalue weighted by atomic mass is 35.5. The third-order valence-corrected chi connectivity index (χ3v) is 3.07. The van der Waals surface area contributed by atoms with Crippen LogP contribution in [0.15, 0.2) is 16.5 Å². The summed E-state index contributed by atoms with van der Waals surface area (Å²) in [7, 11) is 1.31. The largest absolute Gasteiger partial charge is 0.491 e. The summed E-state index contributed by atoms with van der Waals surface area (Å²) in [6, 6.07) is 3.60. The normalized spacial score (nSPS) is 10.7. The molecule has 2 rings (SSSR count). The van der Waals surface area contributed by atoms with E-state index in [9.17, 15) is 4.79 Å². The first-order valence-electron chi connectivity index (χ1n) is 6.08. The minimum absolute atomic E-state index is 0.242. The summed E-state index contributed by atoms with van der Waals surface area (Å²) in [5, 5.41) is 1.14. The summed E-state index contributed by atoms with van der Waals surface area (Å²) in [6.07, 6.45) is 0.733. The van der Waals surface area contributed by atoms with E-state index >= 15 is 0 Å². The van der Waals surface area contributed by atoms with Gasteiger partial charge in [-0.3, -0.25) is 0 Å². The predicted octanol–water partition coefficient (Wildman–Crippen LogP) is 3.83. The van der Waals surface area contributed by atoms with Gasteiger partial charge in [-0.15, -0.1) is 0 Å². The Bertz CT molecular complexity index is 615. The van der Waals surface area contributed by atoms with Gasteiger partial charge >= 0.3 is 5.97 Å². The van der Waals surface area contributed by atoms with Crippen LogP contribution in [-0.2, 0) is 11.2 Å². The van der Waals surface area contributed by atoms with Crippen molar-refractivity contribution >= 4 is 28.5 Å². The number of carbonyl (C=O) groups is 1. The maximum Gasteiger partial charge on any atom is 0.345 e. The maximum absolute atomic E-state index is 12.0. The Kier molecular flexibility index (Phi) is 4.00. The van der Waals surface area contributed by atoms with Gasteiger partial charge in [0.05, 0.1) is 18.7 Å². The summed E-state index contributed by atoms with van der Waals surface area (Å²) >= 11 is 6.17. The predicted molar refractivity (Wildman–Crippen MR) is 73.1 cm³/mol. The molecule has 5 heteroatoms. The van der Waals surface area contributed by atoms with Crippen molar-refractivity contribution in [2.75, 3.05) is 13.7 Å². The van der Waals surface area contributed by atoms with E-state index in [1.54, 1.807) is 6.07 Å². The van der Waals surface area contributed by atoms with Crippen LogP contribution < -0.4 is 4.74 Å². The highest BCUT2D eigenvalue weighted by Gasteiger charge is 2.23. The second-order valence-electron chi connectivity index (χ2n) is 3.97. The molecule has 1 aromatic carbocycles. The fraction of sp³-hybridized carbons (Fsp3) is 0.357. The number of ether oxygens (including phenoxy) is 2. The molecule has 0 aliphatic rings. The van der Waals surface area contributed by atoms with Crippen LogP contribution in [0.2, 0.25) is 5.02 Å². The highest BCUT2D eigenvalue weighted by molar-refractivity contribution is 6.34. The quantitative estimate of drug-likeness (QED) is 0.800. The number of halogens is 1. The van der Waals surface area contributed by atoms with Gasteiger partial charge in [-0.1, -0.05) is 18.5 Å². The lowest BCUT2D eigenvalue weighted by Gasteiger charge is -2.10. The Morgan fingerprint density at radius 3 is 2.68 bits per heavy atom. The Balaban J connectivity index is 2.77. The first-order chi connectivity index (χ1) is 9.12. The number of furan rings is 1. The Morgan fingerprint density at radius 1 is 1.37 bits per heavy atom. The monoisotopic (exact) mass is 282 g/mol. The number of hydrogen-bond acceptors (Lipinski definition) is 4. The van der Waals surface area contributed by atoms with Crippen LogP contribution >= 0.6 is 11.6 Å². The van der Waals surface area contributed by atoms with Crippen LogP contribution in [0.25, 0.3) is 11.0 Å². The molecule has 0 saturated heterocycles. The molecule has 2 aromatic rings. The van der Waals surface area contributed by atoms with Crippen LogP contribution in [0.1, 0.15) is 30.0 Å². The van der Waals surface area contributed by atoms with Crippen molar-refractivity contribution < 1.29 is 18.7 Å². The third-order valence-electron chi connectivity index (χ3n) is 2.79. The summed E-state index contributed by atoms with van der Waals surface area (Å²) in [5.74, 6) is 0.568. The van der Waals surface area contributed by atoms with E-state index < -0.39 is 5.97 Å². The summed E-state index contributed by atoms with van der Waals surface area (Å²) < 4.78 is 15.9. The average Bonchev–Trinajstić information content (AvgIpc) is 2.81. The molecule has 0 bridgehead atoms. The molecule has 0 unspecified atom stereocenters. The molecule has 0 radical (unpaired) electrons. The molecule has 0 fully saturated rings. The summed E-state index contributed by atoms with van der Waals surface area (Å²) in [4.78, 5) is 12.0. The number of carbonyl (C=O) groups excluding carboxylic acids is 1. The number of rotatable bonds is 4. The number of fused-ring (bicyclic) bond motifs is 1. The molecule has 1 aromatic heterocycles. The van der Waals surface area contributed by atoms with E-state index in [1.165, 1.54) is 7.11 Å². The van der Waals surface area contributed by atoms with E-state index in [0.717, 1.165) is 17.6 Å². The fourth-order valence-corrected chi connectivity index (χ4v) is 2.20. The van der Waals surface area contributed by atoms with Gasteiger partial charge in [0.15, 0.2) is 11.3 Å². The number of benzene rings is 1. The number of methoxy groups -OCH3 is 1. The molecule has 1 heterocycles. The van der Waals surface area contributed by atoms with Gasteiger partial charge in [-0.05, 0) is 19.1 Å². The molecule has 0 aliphatic carbocycles. The van der Waals surface area contributed by atoms with Gasteiger partial charge in [0.25, 0.3) is 0 Å². The van der Waals surface area contributed by atoms with Crippen LogP contribution in [0.3, 0.4) is 0 Å². The molecule has 0 amide bonds. The molecule has 102 valence electrons. The van der Waals surface area contributed by atoms with Gasteiger partial charge in [0, 0.05) is 11.8 Å². The Hall–Kier alpha value is -1.68. The van der Waals surface area contributed by atoms with Crippen molar-refractivity contribution in [3.05, 3.63) is 28.5 Å². The fourth-order valence-electron chi connectivity index (χ4n) is 1.93. The number of esters is 1. The maximum atomic E-state index is 12.0. The van der Waals surface area contributed by atoms with Crippen molar-refractivity contribution in [1.29, 1.82) is 0 Å². The molecular formula is C14H15ClO4. The topological polar surface area (TPSA) is 48.7 Å². The lowest BCUT2D eigenvalue weighted by Crippen LogP contribution is -2.06. The molecule has 4 nitrogen and oxygen atoms in total. The van der Waals surface area contributed by atoms with Crippen LogP contribution in [0.5, 0.6) is 5.75 Å². The van der Waals surface area contributed by atoms with Crippen molar-refractivity contribution in [1.82, 2.24) is 0 Å². The number of aryl methyl sites for hydroxylation is 1. The number of hydrogen-bond donors (Lipinski definition) is 0. The molecular weight excluding hydrogens is 268 g/mol. The highest BCUT2D eigenvalue weighted by Crippen LogP contribution is 2.37. The van der Waals surface area contributed by atoms with Crippen LogP contribution in [0, 0.1) is 0 Å².